The second-order valence-electron chi connectivity index (χ2n) is 2.30. The Hall–Kier alpha value is 0.170. The molecule has 0 aromatic rings. The van der Waals surface area contributed by atoms with E-state index < -0.39 is 7.91 Å². The van der Waals surface area contributed by atoms with Crippen LogP contribution in [0.5, 0.6) is 0 Å². The molecule has 0 heterocycles. The van der Waals surface area contributed by atoms with Crippen LogP contribution >= 0.6 is 7.91 Å². The Balaban J connectivity index is 3.40. The fourth-order valence-corrected chi connectivity index (χ4v) is 0.998. The first-order valence-corrected chi connectivity index (χ1v) is 5.26. The predicted octanol–water partition coefficient (Wildman–Crippen LogP) is 2.25. The van der Waals surface area contributed by atoms with Gasteiger partial charge in [0.15, 0.2) is 0 Å². The van der Waals surface area contributed by atoms with Gasteiger partial charge in [-0.1, -0.05) is 0 Å². The van der Waals surface area contributed by atoms with Gasteiger partial charge < -0.3 is 0 Å². The van der Waals surface area contributed by atoms with Crippen LogP contribution in [0.2, 0.25) is 0 Å². The fourth-order valence-electron chi connectivity index (χ4n) is 0.567. The van der Waals surface area contributed by atoms with Gasteiger partial charge in [0.2, 0.25) is 0 Å². The molecule has 0 aliphatic carbocycles. The van der Waals surface area contributed by atoms with Crippen molar-refractivity contribution >= 4 is 7.91 Å². The van der Waals surface area contributed by atoms with E-state index in [1.165, 1.54) is 0 Å². The van der Waals surface area contributed by atoms with E-state index >= 15 is 0 Å². The second kappa shape index (κ2) is 3.72. The normalized spacial score (nSPS) is 15.9. The van der Waals surface area contributed by atoms with Crippen molar-refractivity contribution in [3.8, 4) is 0 Å². The van der Waals surface area contributed by atoms with Gasteiger partial charge in [0.1, 0.15) is 0 Å². The zero-order valence-electron chi connectivity index (χ0n) is 6.33. The molecule has 2 N–H and O–H groups in total. The Morgan fingerprint density at radius 3 is 2.18 bits per heavy atom. The molecule has 6 heteroatoms. The molecule has 0 radical (unpaired) electrons. The maximum atomic E-state index is 11.9. The summed E-state index contributed by atoms with van der Waals surface area (Å²) < 4.78 is 27.3. The third-order valence-corrected chi connectivity index (χ3v) is 1.66. The van der Waals surface area contributed by atoms with Crippen molar-refractivity contribution in [3.63, 3.8) is 0 Å². The van der Waals surface area contributed by atoms with Gasteiger partial charge in [0.05, 0.1) is 0 Å². The van der Waals surface area contributed by atoms with Gasteiger partial charge >= 0.3 is 63.4 Å². The number of halogens is 2. The summed E-state index contributed by atoms with van der Waals surface area (Å²) in [7, 11) is -6.66. The maximum absolute atomic E-state index is 11.9. The van der Waals surface area contributed by atoms with Gasteiger partial charge in [-0.2, -0.15) is 0 Å². The van der Waals surface area contributed by atoms with Gasteiger partial charge in [-0.05, 0) is 0 Å². The summed E-state index contributed by atoms with van der Waals surface area (Å²) in [5, 5.41) is 0. The van der Waals surface area contributed by atoms with E-state index in [0.29, 0.717) is 6.42 Å². The summed E-state index contributed by atoms with van der Waals surface area (Å²) in [5.41, 5.74) is 0. The summed E-state index contributed by atoms with van der Waals surface area (Å²) in [5.74, 6) is 0. The molecule has 3 nitrogen and oxygen atoms in total. The first-order valence-electron chi connectivity index (χ1n) is 3.42. The van der Waals surface area contributed by atoms with Crippen LogP contribution < -0.4 is 0 Å². The topological polar surface area (TPSA) is 49.7 Å². The van der Waals surface area contributed by atoms with Crippen LogP contribution in [0, 0.1) is 0 Å². The Bertz CT molecular complexity index is 113. The van der Waals surface area contributed by atoms with Crippen LogP contribution in [-0.4, -0.2) is 16.4 Å². The SMILES string of the molecule is CCCCCOP(O)(O)(F)F. The van der Waals surface area contributed by atoms with Crippen LogP contribution in [0.3, 0.4) is 0 Å². The van der Waals surface area contributed by atoms with Crippen LogP contribution in [0.15, 0.2) is 0 Å². The van der Waals surface area contributed by atoms with Crippen molar-refractivity contribution in [3.05, 3.63) is 0 Å². The van der Waals surface area contributed by atoms with E-state index in [9.17, 15) is 8.39 Å². The van der Waals surface area contributed by atoms with Gasteiger partial charge in [-0.25, -0.2) is 0 Å². The van der Waals surface area contributed by atoms with E-state index in [1.807, 2.05) is 6.92 Å². The Morgan fingerprint density at radius 2 is 1.82 bits per heavy atom. The van der Waals surface area contributed by atoms with E-state index in [4.69, 9.17) is 9.79 Å². The summed E-state index contributed by atoms with van der Waals surface area (Å²) in [6.45, 7) is 1.61. The molecular formula is C5H13F2O3P. The molecule has 0 atom stereocenters. The van der Waals surface area contributed by atoms with Crippen molar-refractivity contribution < 1.29 is 22.7 Å². The van der Waals surface area contributed by atoms with Crippen molar-refractivity contribution in [2.75, 3.05) is 6.61 Å². The number of hydrogen-bond acceptors (Lipinski definition) is 3. The zero-order valence-corrected chi connectivity index (χ0v) is 7.23. The van der Waals surface area contributed by atoms with E-state index in [1.54, 1.807) is 0 Å². The summed E-state index contributed by atoms with van der Waals surface area (Å²) in [6, 6.07) is 0. The van der Waals surface area contributed by atoms with Gasteiger partial charge in [-0.15, -0.1) is 0 Å². The molecule has 0 rings (SSSR count). The monoisotopic (exact) mass is 190 g/mol. The van der Waals surface area contributed by atoms with Gasteiger partial charge in [0, 0.05) is 0 Å². The molecule has 0 unspecified atom stereocenters. The molecule has 0 aromatic heterocycles. The van der Waals surface area contributed by atoms with Crippen LogP contribution in [-0.2, 0) is 4.52 Å². The Kier molecular flexibility index (Phi) is 3.77. The van der Waals surface area contributed by atoms with Crippen LogP contribution in [0.4, 0.5) is 8.39 Å². The van der Waals surface area contributed by atoms with Crippen molar-refractivity contribution in [2.45, 2.75) is 26.2 Å². The third kappa shape index (κ3) is 10.2. The van der Waals surface area contributed by atoms with E-state index in [-0.39, 0.29) is 6.61 Å². The first kappa shape index (κ1) is 11.2. The predicted molar refractivity (Wildman–Crippen MR) is 39.1 cm³/mol. The molecule has 0 aliphatic heterocycles. The third-order valence-electron chi connectivity index (χ3n) is 1.05. The number of rotatable bonds is 5. The molecule has 0 saturated heterocycles. The first-order chi connectivity index (χ1) is 4.81. The molecular weight excluding hydrogens is 177 g/mol. The van der Waals surface area contributed by atoms with E-state index in [0.717, 1.165) is 12.8 Å². The summed E-state index contributed by atoms with van der Waals surface area (Å²) >= 11 is 0. The quantitative estimate of drug-likeness (QED) is 0.516. The van der Waals surface area contributed by atoms with Crippen molar-refractivity contribution in [2.24, 2.45) is 0 Å². The van der Waals surface area contributed by atoms with Crippen molar-refractivity contribution in [1.29, 1.82) is 0 Å². The molecule has 0 aromatic carbocycles. The summed E-state index contributed by atoms with van der Waals surface area (Å²) in [6.07, 6.45) is 2.03. The van der Waals surface area contributed by atoms with Crippen molar-refractivity contribution in [1.82, 2.24) is 0 Å². The molecule has 0 amide bonds. The molecule has 0 saturated carbocycles. The average molecular weight is 190 g/mol. The molecule has 0 spiro atoms. The average Bonchev–Trinajstić information content (AvgIpc) is 1.76. The van der Waals surface area contributed by atoms with Gasteiger partial charge in [-0.3, -0.25) is 0 Å². The fraction of sp³-hybridized carbons (Fsp3) is 1.00. The van der Waals surface area contributed by atoms with Crippen LogP contribution in [0.1, 0.15) is 26.2 Å². The number of unbranched alkanes of at least 4 members (excludes halogenated alkanes) is 2. The van der Waals surface area contributed by atoms with Gasteiger partial charge in [0.25, 0.3) is 0 Å². The number of hydrogen-bond donors (Lipinski definition) is 2. The molecule has 0 aliphatic rings. The molecule has 70 valence electrons. The van der Waals surface area contributed by atoms with Crippen LogP contribution in [0.25, 0.3) is 0 Å². The minimum absolute atomic E-state index is 0.300. The Labute approximate surface area is 64.4 Å². The molecule has 11 heavy (non-hydrogen) atoms. The van der Waals surface area contributed by atoms with E-state index in [2.05, 4.69) is 4.52 Å². The Morgan fingerprint density at radius 1 is 1.27 bits per heavy atom. The molecule has 0 fully saturated rings. The summed E-state index contributed by atoms with van der Waals surface area (Å²) in [4.78, 5) is 15.8. The molecule has 0 bridgehead atoms. The minimum atomic E-state index is -6.66. The zero-order chi connectivity index (χ0) is 8.98. The second-order valence-corrected chi connectivity index (χ2v) is 4.07. The standard InChI is InChI=1S/C5H13F2O3P/c1-2-3-4-5-10-11(6,7,8)9/h8-9H,2-5H2,1H3.